The first-order valence-electron chi connectivity index (χ1n) is 11.1. The minimum absolute atomic E-state index is 0.0553. The number of benzene rings is 1. The minimum Gasteiger partial charge on any atom is -0.481 e. The number of aliphatic carboxylic acids is 1. The van der Waals surface area contributed by atoms with E-state index in [0.29, 0.717) is 37.3 Å². The minimum atomic E-state index is -4.48. The summed E-state index contributed by atoms with van der Waals surface area (Å²) in [6.45, 7) is 0.441. The third-order valence-electron chi connectivity index (χ3n) is 6.67. The normalized spacial score (nSPS) is 23.8. The largest absolute Gasteiger partial charge is 0.481 e. The highest BCUT2D eigenvalue weighted by Crippen LogP contribution is 2.42. The first-order valence-corrected chi connectivity index (χ1v) is 11.1. The summed E-state index contributed by atoms with van der Waals surface area (Å²) >= 11 is 0. The van der Waals surface area contributed by atoms with E-state index in [0.717, 1.165) is 31.4 Å². The number of carboxylic acids is 1. The number of likely N-dealkylation sites (tertiary alicyclic amines) is 1. The van der Waals surface area contributed by atoms with Crippen molar-refractivity contribution < 1.29 is 36.2 Å². The van der Waals surface area contributed by atoms with Crippen molar-refractivity contribution in [3.05, 3.63) is 35.4 Å². The van der Waals surface area contributed by atoms with E-state index in [1.54, 1.807) is 0 Å². The number of hydrogen-bond acceptors (Lipinski definition) is 2. The van der Waals surface area contributed by atoms with Gasteiger partial charge in [-0.1, -0.05) is 25.0 Å². The number of rotatable bonds is 9. The highest BCUT2D eigenvalue weighted by molar-refractivity contribution is 5.67. The zero-order chi connectivity index (χ0) is 23.5. The molecule has 1 aliphatic carbocycles. The van der Waals surface area contributed by atoms with Crippen LogP contribution in [0.15, 0.2) is 24.3 Å². The van der Waals surface area contributed by atoms with Gasteiger partial charge in [-0.05, 0) is 68.2 Å². The van der Waals surface area contributed by atoms with Crippen molar-refractivity contribution in [2.45, 2.75) is 82.2 Å². The number of nitrogens with zero attached hydrogens (tertiary/aromatic N) is 1. The van der Waals surface area contributed by atoms with Gasteiger partial charge in [-0.15, -0.1) is 0 Å². The predicted molar refractivity (Wildman–Crippen MR) is 107 cm³/mol. The third-order valence-corrected chi connectivity index (χ3v) is 6.67. The Kier molecular flexibility index (Phi) is 7.78. The van der Waals surface area contributed by atoms with Crippen LogP contribution in [0.5, 0.6) is 0 Å². The van der Waals surface area contributed by atoms with Crippen LogP contribution in [0.4, 0.5) is 26.3 Å². The Morgan fingerprint density at radius 2 is 1.66 bits per heavy atom. The van der Waals surface area contributed by atoms with Gasteiger partial charge in [-0.2, -0.15) is 26.3 Å². The van der Waals surface area contributed by atoms with Gasteiger partial charge in [-0.25, -0.2) is 0 Å². The molecule has 0 aromatic heterocycles. The van der Waals surface area contributed by atoms with Crippen LogP contribution >= 0.6 is 0 Å². The maximum absolute atomic E-state index is 13.0. The number of carbonyl (C=O) groups is 1. The van der Waals surface area contributed by atoms with Crippen LogP contribution in [0.1, 0.15) is 75.0 Å². The molecule has 3 atom stereocenters. The molecular weight excluding hydrogens is 436 g/mol. The quantitative estimate of drug-likeness (QED) is 0.406. The number of carboxylic acid groups (broad SMARTS) is 1. The zero-order valence-electron chi connectivity index (χ0n) is 17.8. The van der Waals surface area contributed by atoms with E-state index in [9.17, 15) is 36.2 Å². The van der Waals surface area contributed by atoms with Crippen molar-refractivity contribution in [1.82, 2.24) is 4.90 Å². The van der Waals surface area contributed by atoms with Gasteiger partial charge >= 0.3 is 18.3 Å². The molecule has 1 saturated carbocycles. The predicted octanol–water partition coefficient (Wildman–Crippen LogP) is 6.83. The molecule has 0 radical (unpaired) electrons. The summed E-state index contributed by atoms with van der Waals surface area (Å²) in [6, 6.07) is 4.01. The van der Waals surface area contributed by atoms with E-state index >= 15 is 0 Å². The molecule has 1 heterocycles. The molecule has 1 aromatic carbocycles. The van der Waals surface area contributed by atoms with Crippen LogP contribution in [0.25, 0.3) is 0 Å². The second-order valence-electron chi connectivity index (χ2n) is 9.19. The van der Waals surface area contributed by atoms with E-state index in [4.69, 9.17) is 0 Å². The van der Waals surface area contributed by atoms with Gasteiger partial charge < -0.3 is 5.11 Å². The molecular formula is C23H29F6NO2. The summed E-state index contributed by atoms with van der Waals surface area (Å²) in [4.78, 5) is 13.2. The van der Waals surface area contributed by atoms with Crippen LogP contribution in [0.2, 0.25) is 0 Å². The number of hydrogen-bond donors (Lipinski definition) is 1. The van der Waals surface area contributed by atoms with Gasteiger partial charge in [0.15, 0.2) is 0 Å². The van der Waals surface area contributed by atoms with Crippen molar-refractivity contribution in [2.24, 2.45) is 11.8 Å². The fraction of sp³-hybridized carbons (Fsp3) is 0.696. The fourth-order valence-electron chi connectivity index (χ4n) is 4.79. The molecule has 2 aliphatic rings. The molecule has 1 N–H and O–H groups in total. The van der Waals surface area contributed by atoms with Crippen molar-refractivity contribution in [2.75, 3.05) is 6.54 Å². The van der Waals surface area contributed by atoms with Crippen LogP contribution in [-0.2, 0) is 11.0 Å². The van der Waals surface area contributed by atoms with E-state index in [-0.39, 0.29) is 24.8 Å². The summed E-state index contributed by atoms with van der Waals surface area (Å²) in [6.07, 6.45) is -5.17. The highest BCUT2D eigenvalue weighted by Gasteiger charge is 2.38. The Morgan fingerprint density at radius 1 is 1.00 bits per heavy atom. The van der Waals surface area contributed by atoms with E-state index < -0.39 is 36.3 Å². The van der Waals surface area contributed by atoms with Gasteiger partial charge in [0.2, 0.25) is 0 Å². The topological polar surface area (TPSA) is 40.5 Å². The summed E-state index contributed by atoms with van der Waals surface area (Å²) < 4.78 is 77.9. The lowest BCUT2D eigenvalue weighted by molar-refractivity contribution is -0.141. The molecule has 32 heavy (non-hydrogen) atoms. The molecule has 1 aliphatic heterocycles. The van der Waals surface area contributed by atoms with Gasteiger partial charge in [-0.3, -0.25) is 9.69 Å². The maximum Gasteiger partial charge on any atom is 0.416 e. The van der Waals surface area contributed by atoms with Crippen LogP contribution in [0.3, 0.4) is 0 Å². The molecule has 3 rings (SSSR count). The molecule has 9 heteroatoms. The molecule has 0 amide bonds. The molecule has 1 aromatic rings. The maximum atomic E-state index is 13.0. The molecule has 0 spiro atoms. The SMILES string of the molecule is O=C(O)C[C@@H]1CCN([C@H](CCC2CC2)CCC(F)(F)F)[C@H](c2ccc(C(F)(F)F)cc2)C1. The molecule has 180 valence electrons. The lowest BCUT2D eigenvalue weighted by Gasteiger charge is -2.44. The van der Waals surface area contributed by atoms with E-state index in [1.807, 2.05) is 4.90 Å². The summed E-state index contributed by atoms with van der Waals surface area (Å²) in [5, 5.41) is 9.19. The van der Waals surface area contributed by atoms with Gasteiger partial charge in [0, 0.05) is 24.9 Å². The Morgan fingerprint density at radius 3 is 2.19 bits per heavy atom. The smallest absolute Gasteiger partial charge is 0.416 e. The third kappa shape index (κ3) is 7.39. The molecule has 1 saturated heterocycles. The second kappa shape index (κ2) is 10.0. The Labute approximate surface area is 183 Å². The average Bonchev–Trinajstić information content (AvgIpc) is 3.51. The Balaban J connectivity index is 1.83. The van der Waals surface area contributed by atoms with Crippen LogP contribution < -0.4 is 0 Å². The fourth-order valence-corrected chi connectivity index (χ4v) is 4.79. The van der Waals surface area contributed by atoms with Crippen molar-refractivity contribution in [1.29, 1.82) is 0 Å². The molecule has 2 fully saturated rings. The van der Waals surface area contributed by atoms with E-state index in [2.05, 4.69) is 0 Å². The summed E-state index contributed by atoms with van der Waals surface area (Å²) in [5.74, 6) is -0.558. The summed E-state index contributed by atoms with van der Waals surface area (Å²) in [7, 11) is 0. The standard InChI is InChI=1S/C23H29F6NO2/c24-22(25,26)11-9-19(8-3-15-1-2-15)30-12-10-16(14-21(31)32)13-20(30)17-4-6-18(7-5-17)23(27,28)29/h4-7,15-16,19-20H,1-3,8-14H2,(H,31,32)/t16-,19-,20+/m1/s1. The van der Waals surface area contributed by atoms with Gasteiger partial charge in [0.25, 0.3) is 0 Å². The molecule has 0 unspecified atom stereocenters. The Hall–Kier alpha value is -1.77. The number of piperidine rings is 1. The van der Waals surface area contributed by atoms with Crippen LogP contribution in [0, 0.1) is 11.8 Å². The van der Waals surface area contributed by atoms with Crippen molar-refractivity contribution in [3.63, 3.8) is 0 Å². The van der Waals surface area contributed by atoms with Crippen molar-refractivity contribution >= 4 is 5.97 Å². The first-order chi connectivity index (χ1) is 14.9. The average molecular weight is 465 g/mol. The lowest BCUT2D eigenvalue weighted by Crippen LogP contribution is -2.44. The van der Waals surface area contributed by atoms with Gasteiger partial charge in [0.05, 0.1) is 5.56 Å². The van der Waals surface area contributed by atoms with Crippen molar-refractivity contribution in [3.8, 4) is 0 Å². The number of alkyl halides is 6. The molecule has 3 nitrogen and oxygen atoms in total. The number of halogens is 6. The second-order valence-corrected chi connectivity index (χ2v) is 9.19. The lowest BCUT2D eigenvalue weighted by atomic mass is 9.83. The monoisotopic (exact) mass is 465 g/mol. The highest BCUT2D eigenvalue weighted by atomic mass is 19.4. The van der Waals surface area contributed by atoms with Crippen LogP contribution in [-0.4, -0.2) is 34.7 Å². The summed E-state index contributed by atoms with van der Waals surface area (Å²) in [5.41, 5.74) is -0.190. The van der Waals surface area contributed by atoms with E-state index in [1.165, 1.54) is 12.1 Å². The van der Waals surface area contributed by atoms with Gasteiger partial charge in [0.1, 0.15) is 0 Å². The zero-order valence-corrected chi connectivity index (χ0v) is 17.8. The molecule has 0 bridgehead atoms. The Bertz CT molecular complexity index is 757. The first kappa shape index (κ1) is 24.9.